The summed E-state index contributed by atoms with van der Waals surface area (Å²) in [7, 11) is 0. The first-order chi connectivity index (χ1) is 8.64. The van der Waals surface area contributed by atoms with E-state index < -0.39 is 0 Å². The van der Waals surface area contributed by atoms with Gasteiger partial charge in [0.25, 0.3) is 0 Å². The molecule has 0 heterocycles. The number of hydrogen-bond acceptors (Lipinski definition) is 2. The van der Waals surface area contributed by atoms with Crippen LogP contribution in [0.15, 0.2) is 0 Å². The van der Waals surface area contributed by atoms with Crippen LogP contribution in [0.25, 0.3) is 0 Å². The van der Waals surface area contributed by atoms with E-state index in [0.717, 1.165) is 12.8 Å². The van der Waals surface area contributed by atoms with Crippen LogP contribution in [0, 0.1) is 11.8 Å². The van der Waals surface area contributed by atoms with Crippen LogP contribution in [0.4, 0.5) is 0 Å². The van der Waals surface area contributed by atoms with Crippen molar-refractivity contribution in [2.24, 2.45) is 11.8 Å². The molecule has 2 rings (SSSR count). The van der Waals surface area contributed by atoms with Crippen LogP contribution in [0.3, 0.4) is 0 Å². The minimum absolute atomic E-state index is 0.00764. The van der Waals surface area contributed by atoms with Crippen molar-refractivity contribution in [2.45, 2.75) is 83.7 Å². The van der Waals surface area contributed by atoms with Gasteiger partial charge in [-0.3, -0.25) is 4.79 Å². The van der Waals surface area contributed by atoms with Gasteiger partial charge < -0.3 is 4.74 Å². The molecule has 0 N–H and O–H groups in total. The molecule has 0 aliphatic heterocycles. The van der Waals surface area contributed by atoms with Crippen molar-refractivity contribution in [2.75, 3.05) is 0 Å². The first-order valence-corrected chi connectivity index (χ1v) is 7.87. The second-order valence-electron chi connectivity index (χ2n) is 6.54. The monoisotopic (exact) mass is 252 g/mol. The second-order valence-corrected chi connectivity index (χ2v) is 6.54. The summed E-state index contributed by atoms with van der Waals surface area (Å²) in [5.41, 5.74) is -0.0916. The molecule has 2 saturated carbocycles. The van der Waals surface area contributed by atoms with Crippen LogP contribution in [0.5, 0.6) is 0 Å². The van der Waals surface area contributed by atoms with E-state index in [1.54, 1.807) is 0 Å². The van der Waals surface area contributed by atoms with Crippen molar-refractivity contribution < 1.29 is 9.53 Å². The molecule has 104 valence electrons. The quantitative estimate of drug-likeness (QED) is 0.547. The highest BCUT2D eigenvalue weighted by Gasteiger charge is 2.44. The maximum atomic E-state index is 12.0. The van der Waals surface area contributed by atoms with Crippen molar-refractivity contribution in [3.63, 3.8) is 0 Å². The molecular formula is C16H28O2. The molecule has 2 aliphatic carbocycles. The molecule has 0 aromatic rings. The molecule has 0 amide bonds. The average molecular weight is 252 g/mol. The smallest absolute Gasteiger partial charge is 0.308 e. The molecule has 0 aromatic heterocycles. The first-order valence-electron chi connectivity index (χ1n) is 7.87. The summed E-state index contributed by atoms with van der Waals surface area (Å²) in [6.07, 6.45) is 12.6. The van der Waals surface area contributed by atoms with E-state index >= 15 is 0 Å². The fraction of sp³-hybridized carbons (Fsp3) is 0.938. The molecule has 0 spiro atoms. The van der Waals surface area contributed by atoms with Crippen LogP contribution in [0.2, 0.25) is 0 Å². The third-order valence-electron chi connectivity index (χ3n) is 4.82. The lowest BCUT2D eigenvalue weighted by Gasteiger charge is -2.37. The minimum Gasteiger partial charge on any atom is -0.459 e. The van der Waals surface area contributed by atoms with Gasteiger partial charge in [-0.05, 0) is 44.4 Å². The minimum atomic E-state index is -0.0916. The molecule has 2 heteroatoms. The van der Waals surface area contributed by atoms with Gasteiger partial charge in [0.1, 0.15) is 5.60 Å². The van der Waals surface area contributed by atoms with Crippen molar-refractivity contribution in [3.8, 4) is 0 Å². The van der Waals surface area contributed by atoms with Gasteiger partial charge >= 0.3 is 5.97 Å². The highest BCUT2D eigenvalue weighted by Crippen LogP contribution is 2.45. The topological polar surface area (TPSA) is 26.3 Å². The van der Waals surface area contributed by atoms with E-state index in [-0.39, 0.29) is 17.5 Å². The highest BCUT2D eigenvalue weighted by atomic mass is 16.6. The number of carbonyl (C=O) groups is 1. The van der Waals surface area contributed by atoms with Gasteiger partial charge in [0.2, 0.25) is 0 Å². The average Bonchev–Trinajstić information content (AvgIpc) is 2.64. The van der Waals surface area contributed by atoms with E-state index in [1.165, 1.54) is 51.4 Å². The van der Waals surface area contributed by atoms with E-state index in [2.05, 4.69) is 0 Å². The molecule has 0 bridgehead atoms. The Morgan fingerprint density at radius 3 is 2.06 bits per heavy atom. The fourth-order valence-corrected chi connectivity index (χ4v) is 3.69. The summed E-state index contributed by atoms with van der Waals surface area (Å²) in [5, 5.41) is 0. The number of ether oxygens (including phenoxy) is 1. The Morgan fingerprint density at radius 2 is 1.56 bits per heavy atom. The van der Waals surface area contributed by atoms with Crippen LogP contribution >= 0.6 is 0 Å². The zero-order valence-electron chi connectivity index (χ0n) is 12.0. The third kappa shape index (κ3) is 3.07. The lowest BCUT2D eigenvalue weighted by Crippen LogP contribution is -2.41. The lowest BCUT2D eigenvalue weighted by molar-refractivity contribution is -0.170. The summed E-state index contributed by atoms with van der Waals surface area (Å²) >= 11 is 0. The van der Waals surface area contributed by atoms with Gasteiger partial charge in [-0.15, -0.1) is 0 Å². The molecule has 2 fully saturated rings. The van der Waals surface area contributed by atoms with Crippen molar-refractivity contribution in [1.82, 2.24) is 0 Å². The number of carbonyl (C=O) groups excluding carboxylic acids is 1. The van der Waals surface area contributed by atoms with Crippen LogP contribution in [-0.2, 0) is 9.53 Å². The Labute approximate surface area is 111 Å². The summed E-state index contributed by atoms with van der Waals surface area (Å²) in [6.45, 7) is 3.89. The molecule has 0 atom stereocenters. The number of esters is 1. The Kier molecular flexibility index (Phi) is 4.69. The molecule has 18 heavy (non-hydrogen) atoms. The SMILES string of the molecule is CC(C)C(=O)OC1(C2CCCCCC2)CCCC1. The largest absolute Gasteiger partial charge is 0.459 e. The van der Waals surface area contributed by atoms with Gasteiger partial charge in [-0.2, -0.15) is 0 Å². The van der Waals surface area contributed by atoms with E-state index in [1.807, 2.05) is 13.8 Å². The van der Waals surface area contributed by atoms with E-state index in [9.17, 15) is 4.79 Å². The maximum Gasteiger partial charge on any atom is 0.308 e. The Bertz CT molecular complexity index is 269. The standard InChI is InChI=1S/C16H28O2/c1-13(2)15(17)18-16(11-7-8-12-16)14-9-5-3-4-6-10-14/h13-14H,3-12H2,1-2H3. The lowest BCUT2D eigenvalue weighted by atomic mass is 9.80. The summed E-state index contributed by atoms with van der Waals surface area (Å²) < 4.78 is 6.02. The molecule has 2 aliphatic rings. The summed E-state index contributed by atoms with van der Waals surface area (Å²) in [6, 6.07) is 0. The highest BCUT2D eigenvalue weighted by molar-refractivity contribution is 5.72. The number of rotatable bonds is 3. The van der Waals surface area contributed by atoms with Crippen LogP contribution < -0.4 is 0 Å². The van der Waals surface area contributed by atoms with Crippen molar-refractivity contribution in [1.29, 1.82) is 0 Å². The molecular weight excluding hydrogens is 224 g/mol. The summed E-state index contributed by atoms with van der Waals surface area (Å²) in [4.78, 5) is 12.0. The first kappa shape index (κ1) is 13.9. The number of hydrogen-bond donors (Lipinski definition) is 0. The van der Waals surface area contributed by atoms with Gasteiger partial charge in [-0.25, -0.2) is 0 Å². The predicted octanol–water partition coefficient (Wildman–Crippen LogP) is 4.47. The predicted molar refractivity (Wildman–Crippen MR) is 73.3 cm³/mol. The second kappa shape index (κ2) is 6.08. The Morgan fingerprint density at radius 1 is 1.00 bits per heavy atom. The molecule has 2 nitrogen and oxygen atoms in total. The van der Waals surface area contributed by atoms with Gasteiger partial charge in [0.15, 0.2) is 0 Å². The van der Waals surface area contributed by atoms with Crippen molar-refractivity contribution >= 4 is 5.97 Å². The fourth-order valence-electron chi connectivity index (χ4n) is 3.69. The molecule has 0 aromatic carbocycles. The van der Waals surface area contributed by atoms with Crippen LogP contribution in [-0.4, -0.2) is 11.6 Å². The van der Waals surface area contributed by atoms with Gasteiger partial charge in [0.05, 0.1) is 5.92 Å². The normalized spacial score (nSPS) is 25.1. The van der Waals surface area contributed by atoms with Gasteiger partial charge in [0, 0.05) is 0 Å². The zero-order chi connectivity index (χ0) is 13.0. The molecule has 0 unspecified atom stereocenters. The Hall–Kier alpha value is -0.530. The maximum absolute atomic E-state index is 12.0. The third-order valence-corrected chi connectivity index (χ3v) is 4.82. The van der Waals surface area contributed by atoms with E-state index in [0.29, 0.717) is 5.92 Å². The van der Waals surface area contributed by atoms with Crippen LogP contribution in [0.1, 0.15) is 78.1 Å². The zero-order valence-corrected chi connectivity index (χ0v) is 12.0. The Balaban J connectivity index is 2.07. The van der Waals surface area contributed by atoms with Gasteiger partial charge in [-0.1, -0.05) is 39.5 Å². The molecule has 0 saturated heterocycles. The molecule has 0 radical (unpaired) electrons. The van der Waals surface area contributed by atoms with Crippen molar-refractivity contribution in [3.05, 3.63) is 0 Å². The van der Waals surface area contributed by atoms with E-state index in [4.69, 9.17) is 4.74 Å². The summed E-state index contributed by atoms with van der Waals surface area (Å²) in [5.74, 6) is 0.652.